The van der Waals surface area contributed by atoms with Crippen LogP contribution in [-0.4, -0.2) is 54.3 Å². The molecule has 0 saturated heterocycles. The number of nitrogens with two attached hydrogens (primary N) is 1. The minimum Gasteiger partial charge on any atom is -0.447 e. The van der Waals surface area contributed by atoms with Crippen LogP contribution in [0.25, 0.3) is 11.3 Å². The first-order chi connectivity index (χ1) is 18.5. The normalized spacial score (nSPS) is 13.7. The first-order valence-electron chi connectivity index (χ1n) is 13.1. The molecule has 3 N–H and O–H groups in total. The summed E-state index contributed by atoms with van der Waals surface area (Å²) < 4.78 is 48.0. The predicted molar refractivity (Wildman–Crippen MR) is 143 cm³/mol. The number of methoxy groups -OCH3 is 1. The van der Waals surface area contributed by atoms with Gasteiger partial charge in [0.1, 0.15) is 11.6 Å². The maximum Gasteiger partial charge on any atom is 0.411 e. The average molecular weight is 555 g/mol. The molecule has 0 spiro atoms. The molecule has 1 aromatic carbocycles. The van der Waals surface area contributed by atoms with E-state index in [2.05, 4.69) is 20.8 Å². The van der Waals surface area contributed by atoms with Gasteiger partial charge in [-0.15, -0.1) is 0 Å². The highest BCUT2D eigenvalue weighted by Gasteiger charge is 2.24. The van der Waals surface area contributed by atoms with Crippen molar-refractivity contribution in [3.63, 3.8) is 0 Å². The molecule has 39 heavy (non-hydrogen) atoms. The van der Waals surface area contributed by atoms with E-state index < -0.39 is 18.8 Å². The Kier molecular flexibility index (Phi) is 12.9. The van der Waals surface area contributed by atoms with E-state index >= 15 is 0 Å². The molecule has 0 bridgehead atoms. The summed E-state index contributed by atoms with van der Waals surface area (Å²) in [5, 5.41) is 2.54. The molecular formula is C27H40F2N4O6. The number of carbonyl (C=O) groups excluding carboxylic acids is 2. The number of ether oxygens (including phenoxy) is 4. The van der Waals surface area contributed by atoms with Gasteiger partial charge in [-0.3, -0.25) is 5.32 Å². The Hall–Kier alpha value is -3.41. The van der Waals surface area contributed by atoms with Gasteiger partial charge in [0.2, 0.25) is 0 Å². The van der Waals surface area contributed by atoms with Crippen molar-refractivity contribution in [2.75, 3.05) is 19.0 Å². The lowest BCUT2D eigenvalue weighted by molar-refractivity contribution is -0.0494. The fraction of sp³-hybridized carbons (Fsp3) is 0.593. The third-order valence-electron chi connectivity index (χ3n) is 5.79. The summed E-state index contributed by atoms with van der Waals surface area (Å²) in [6, 6.07) is 4.65. The molecule has 2 amide bonds. The highest BCUT2D eigenvalue weighted by molar-refractivity contribution is 5.86. The first-order valence-corrected chi connectivity index (χ1v) is 13.1. The Balaban J connectivity index is 0.000000673. The van der Waals surface area contributed by atoms with Crippen molar-refractivity contribution < 1.29 is 37.3 Å². The standard InChI is InChI=1S/C23H31F2N3O4.C4H9NO2/c1-15(2)31-23(29)27-17-9-10-18(20(13-17)32-22(24)25)19-14-26-21(28(19)11-12-30-3)16-7-5-4-6-8-16;1-3(2)7-4(5)6/h9-10,13-16,22H,4-8,11-12H2,1-3H3,(H,27,29);3H,1-2H3,(H2,5,6). The van der Waals surface area contributed by atoms with E-state index in [1.165, 1.54) is 12.5 Å². The molecule has 218 valence electrons. The lowest BCUT2D eigenvalue weighted by Crippen LogP contribution is -2.18. The van der Waals surface area contributed by atoms with Crippen LogP contribution >= 0.6 is 0 Å². The molecule has 0 atom stereocenters. The SMILES string of the molecule is CC(C)OC(N)=O.COCCn1c(-c2ccc(NC(=O)OC(C)C)cc2OC(F)F)cnc1C1CCCCC1. The van der Waals surface area contributed by atoms with Crippen LogP contribution in [0.5, 0.6) is 5.75 Å². The highest BCUT2D eigenvalue weighted by Crippen LogP contribution is 2.38. The Bertz CT molecular complexity index is 1050. The van der Waals surface area contributed by atoms with Crippen LogP contribution in [-0.2, 0) is 20.8 Å². The number of anilines is 1. The van der Waals surface area contributed by atoms with E-state index in [1.54, 1.807) is 53.1 Å². The van der Waals surface area contributed by atoms with Crippen LogP contribution in [0.4, 0.5) is 24.1 Å². The van der Waals surface area contributed by atoms with E-state index in [4.69, 9.17) is 14.2 Å². The summed E-state index contributed by atoms with van der Waals surface area (Å²) in [6.45, 7) is 4.93. The zero-order valence-corrected chi connectivity index (χ0v) is 23.2. The summed E-state index contributed by atoms with van der Waals surface area (Å²) >= 11 is 0. The van der Waals surface area contributed by atoms with Crippen molar-refractivity contribution >= 4 is 17.9 Å². The van der Waals surface area contributed by atoms with Crippen molar-refractivity contribution in [3.8, 4) is 17.0 Å². The number of halogens is 2. The lowest BCUT2D eigenvalue weighted by Gasteiger charge is -2.23. The van der Waals surface area contributed by atoms with Gasteiger partial charge in [-0.25, -0.2) is 14.6 Å². The Labute approximate surface area is 228 Å². The number of imidazole rings is 1. The molecule has 1 heterocycles. The third-order valence-corrected chi connectivity index (χ3v) is 5.79. The zero-order chi connectivity index (χ0) is 28.9. The molecular weight excluding hydrogens is 514 g/mol. The molecule has 2 aromatic rings. The van der Waals surface area contributed by atoms with Gasteiger partial charge in [-0.1, -0.05) is 19.3 Å². The molecule has 1 aromatic heterocycles. The number of nitrogens with zero attached hydrogens (tertiary/aromatic N) is 2. The van der Waals surface area contributed by atoms with E-state index in [-0.39, 0.29) is 18.0 Å². The highest BCUT2D eigenvalue weighted by atomic mass is 19.3. The monoisotopic (exact) mass is 554 g/mol. The number of aromatic nitrogens is 2. The van der Waals surface area contributed by atoms with Gasteiger partial charge >= 0.3 is 18.8 Å². The minimum atomic E-state index is -3.01. The minimum absolute atomic E-state index is 0.0453. The maximum atomic E-state index is 13.2. The second-order valence-electron chi connectivity index (χ2n) is 9.64. The lowest BCUT2D eigenvalue weighted by atomic mass is 9.88. The quantitative estimate of drug-likeness (QED) is 0.353. The van der Waals surface area contributed by atoms with E-state index in [1.807, 2.05) is 4.57 Å². The summed E-state index contributed by atoms with van der Waals surface area (Å²) in [4.78, 5) is 26.4. The van der Waals surface area contributed by atoms with E-state index in [0.717, 1.165) is 31.5 Å². The summed E-state index contributed by atoms with van der Waals surface area (Å²) in [7, 11) is 1.62. The van der Waals surface area contributed by atoms with Crippen molar-refractivity contribution in [2.45, 2.75) is 91.1 Å². The maximum absolute atomic E-state index is 13.2. The smallest absolute Gasteiger partial charge is 0.411 e. The number of nitrogens with one attached hydrogen (secondary N) is 1. The fourth-order valence-electron chi connectivity index (χ4n) is 4.31. The molecule has 1 saturated carbocycles. The molecule has 0 radical (unpaired) electrons. The van der Waals surface area contributed by atoms with Crippen LogP contribution in [0.3, 0.4) is 0 Å². The van der Waals surface area contributed by atoms with E-state index in [9.17, 15) is 18.4 Å². The summed E-state index contributed by atoms with van der Waals surface area (Å²) in [5.41, 5.74) is 6.08. The van der Waals surface area contributed by atoms with Crippen LogP contribution in [0.2, 0.25) is 0 Å². The van der Waals surface area contributed by atoms with Crippen LogP contribution < -0.4 is 15.8 Å². The topological polar surface area (TPSA) is 127 Å². The van der Waals surface area contributed by atoms with Gasteiger partial charge < -0.3 is 29.2 Å². The predicted octanol–water partition coefficient (Wildman–Crippen LogP) is 6.29. The van der Waals surface area contributed by atoms with Crippen LogP contribution in [0.15, 0.2) is 24.4 Å². The Morgan fingerprint density at radius 2 is 1.77 bits per heavy atom. The fourth-order valence-corrected chi connectivity index (χ4v) is 4.31. The number of rotatable bonds is 10. The van der Waals surface area contributed by atoms with E-state index in [0.29, 0.717) is 36.0 Å². The van der Waals surface area contributed by atoms with Gasteiger partial charge in [0.15, 0.2) is 0 Å². The molecule has 1 fully saturated rings. The Morgan fingerprint density at radius 1 is 1.10 bits per heavy atom. The van der Waals surface area contributed by atoms with Gasteiger partial charge in [0, 0.05) is 36.9 Å². The number of benzene rings is 1. The van der Waals surface area contributed by atoms with Gasteiger partial charge in [-0.05, 0) is 52.7 Å². The second kappa shape index (κ2) is 15.9. The van der Waals surface area contributed by atoms with Gasteiger partial charge in [0.05, 0.1) is 30.7 Å². The summed E-state index contributed by atoms with van der Waals surface area (Å²) in [5.74, 6) is 1.24. The molecule has 10 nitrogen and oxygen atoms in total. The number of hydrogen-bond donors (Lipinski definition) is 2. The number of alkyl halides is 2. The van der Waals surface area contributed by atoms with Crippen LogP contribution in [0.1, 0.15) is 71.5 Å². The van der Waals surface area contributed by atoms with Gasteiger partial charge in [-0.2, -0.15) is 8.78 Å². The number of primary amides is 1. The number of carbonyl (C=O) groups is 2. The summed E-state index contributed by atoms with van der Waals surface area (Å²) in [6.07, 6.45) is 5.57. The molecule has 12 heteroatoms. The number of hydrogen-bond acceptors (Lipinski definition) is 7. The molecule has 0 aliphatic heterocycles. The zero-order valence-electron chi connectivity index (χ0n) is 23.2. The molecule has 0 unspecified atom stereocenters. The average Bonchev–Trinajstić information content (AvgIpc) is 3.25. The second-order valence-corrected chi connectivity index (χ2v) is 9.64. The number of amides is 2. The van der Waals surface area contributed by atoms with Crippen molar-refractivity contribution in [3.05, 3.63) is 30.2 Å². The third kappa shape index (κ3) is 10.7. The largest absolute Gasteiger partial charge is 0.447 e. The van der Waals surface area contributed by atoms with Crippen molar-refractivity contribution in [1.29, 1.82) is 0 Å². The van der Waals surface area contributed by atoms with Gasteiger partial charge in [0.25, 0.3) is 0 Å². The van der Waals surface area contributed by atoms with Crippen molar-refractivity contribution in [2.24, 2.45) is 5.73 Å². The Morgan fingerprint density at radius 3 is 2.31 bits per heavy atom. The van der Waals surface area contributed by atoms with Crippen LogP contribution in [0, 0.1) is 0 Å². The molecule has 3 rings (SSSR count). The van der Waals surface area contributed by atoms with Crippen molar-refractivity contribution in [1.82, 2.24) is 9.55 Å². The molecule has 1 aliphatic rings. The first kappa shape index (κ1) is 31.8. The molecule has 1 aliphatic carbocycles.